The molecule has 19 nitrogen and oxygen atoms in total. The number of anilines is 3. The summed E-state index contributed by atoms with van der Waals surface area (Å²) >= 11 is 0. The van der Waals surface area contributed by atoms with Crippen LogP contribution in [0, 0.1) is 0 Å². The number of fused-ring (bicyclic) bond motifs is 2. The molecular formula is C36H47N13O6. The molecule has 2 amide bonds. The van der Waals surface area contributed by atoms with Gasteiger partial charge in [-0.15, -0.1) is 0 Å². The van der Waals surface area contributed by atoms with Crippen molar-refractivity contribution >= 4 is 58.0 Å². The molecule has 0 unspecified atom stereocenters. The predicted molar refractivity (Wildman–Crippen MR) is 204 cm³/mol. The molecule has 1 aliphatic rings. The standard InChI is InChI=1S/C36H47N13O6/c1-38-36-45-27-21-25(5-6-28(27)55-36)31-30-32(37)43-24-44-33(30)49(46-31)10-3-2-8-39-29(51)7-18-54-19-9-40-34(52)26-22-41-35(42-23-26)48-13-11-47(12-14-48)15-20-53-17-4-16-50/h5-6,16,21-24H,2-4,7-15,17-20H2,1H3,(H,38,45)(H,39,51)(H,40,52)(H2,37,43,44). The van der Waals surface area contributed by atoms with Crippen LogP contribution in [0.25, 0.3) is 33.4 Å². The lowest BCUT2D eigenvalue weighted by molar-refractivity contribution is -0.122. The van der Waals surface area contributed by atoms with Gasteiger partial charge < -0.3 is 45.3 Å². The van der Waals surface area contributed by atoms with Crippen LogP contribution in [0.15, 0.2) is 41.3 Å². The van der Waals surface area contributed by atoms with Gasteiger partial charge in [-0.1, -0.05) is 0 Å². The number of nitrogens with one attached hydrogen (secondary N) is 3. The van der Waals surface area contributed by atoms with E-state index < -0.39 is 0 Å². The molecule has 0 saturated carbocycles. The summed E-state index contributed by atoms with van der Waals surface area (Å²) in [6.45, 7) is 6.99. The van der Waals surface area contributed by atoms with Gasteiger partial charge in [0.05, 0.1) is 37.4 Å². The zero-order valence-electron chi connectivity index (χ0n) is 30.9. The van der Waals surface area contributed by atoms with E-state index >= 15 is 0 Å². The molecule has 55 heavy (non-hydrogen) atoms. The zero-order valence-corrected chi connectivity index (χ0v) is 30.9. The van der Waals surface area contributed by atoms with Gasteiger partial charge >= 0.3 is 0 Å². The van der Waals surface area contributed by atoms with E-state index in [0.717, 1.165) is 57.4 Å². The van der Waals surface area contributed by atoms with E-state index in [1.165, 1.54) is 18.7 Å². The summed E-state index contributed by atoms with van der Waals surface area (Å²) in [6.07, 6.45) is 7.44. The number of unbranched alkanes of at least 4 members (excludes halogenated alkanes) is 1. The van der Waals surface area contributed by atoms with Crippen molar-refractivity contribution in [3.63, 3.8) is 0 Å². The number of nitrogens with two attached hydrogens (primary N) is 1. The molecule has 292 valence electrons. The molecule has 0 spiro atoms. The Kier molecular flexibility index (Phi) is 13.8. The number of amides is 2. The first-order valence-electron chi connectivity index (χ1n) is 18.4. The topological polar surface area (TPSA) is 234 Å². The number of ether oxygens (including phenoxy) is 2. The largest absolute Gasteiger partial charge is 0.424 e. The summed E-state index contributed by atoms with van der Waals surface area (Å²) in [5.41, 5.74) is 10.1. The Hall–Kier alpha value is -5.79. The molecule has 19 heteroatoms. The van der Waals surface area contributed by atoms with Crippen LogP contribution >= 0.6 is 0 Å². The number of nitrogen functional groups attached to an aromatic ring is 1. The van der Waals surface area contributed by atoms with Crippen molar-refractivity contribution in [1.82, 2.24) is 50.2 Å². The third-order valence-corrected chi connectivity index (χ3v) is 9.05. The fraction of sp³-hybridized carbons (Fsp3) is 0.472. The van der Waals surface area contributed by atoms with Gasteiger partial charge in [-0.05, 0) is 31.0 Å². The van der Waals surface area contributed by atoms with E-state index in [1.807, 2.05) is 22.9 Å². The van der Waals surface area contributed by atoms with Crippen molar-refractivity contribution in [2.24, 2.45) is 0 Å². The molecule has 5 aromatic rings. The minimum absolute atomic E-state index is 0.111. The van der Waals surface area contributed by atoms with Crippen molar-refractivity contribution in [3.05, 3.63) is 42.5 Å². The Labute approximate surface area is 317 Å². The first-order valence-corrected chi connectivity index (χ1v) is 18.4. The Morgan fingerprint density at radius 1 is 0.945 bits per heavy atom. The lowest BCUT2D eigenvalue weighted by atomic mass is 10.1. The lowest BCUT2D eigenvalue weighted by Gasteiger charge is -2.34. The van der Waals surface area contributed by atoms with Crippen LogP contribution in [-0.4, -0.2) is 137 Å². The molecule has 0 radical (unpaired) electrons. The maximum absolute atomic E-state index is 12.6. The normalized spacial score (nSPS) is 13.4. The van der Waals surface area contributed by atoms with Gasteiger partial charge in [0.15, 0.2) is 11.2 Å². The number of hydrogen-bond acceptors (Lipinski definition) is 16. The fourth-order valence-corrected chi connectivity index (χ4v) is 6.08. The number of oxazole rings is 1. The smallest absolute Gasteiger partial charge is 0.295 e. The molecule has 0 atom stereocenters. The highest BCUT2D eigenvalue weighted by molar-refractivity contribution is 5.99. The number of aryl methyl sites for hydroxylation is 1. The number of carbonyl (C=O) groups excluding carboxylic acids is 3. The quantitative estimate of drug-likeness (QED) is 0.0614. The summed E-state index contributed by atoms with van der Waals surface area (Å²) in [5, 5.41) is 14.1. The van der Waals surface area contributed by atoms with Crippen LogP contribution in [0.5, 0.6) is 0 Å². The lowest BCUT2D eigenvalue weighted by Crippen LogP contribution is -2.47. The van der Waals surface area contributed by atoms with E-state index in [0.29, 0.717) is 83.9 Å². The summed E-state index contributed by atoms with van der Waals surface area (Å²) in [7, 11) is 1.74. The van der Waals surface area contributed by atoms with Crippen molar-refractivity contribution in [2.75, 3.05) is 95.2 Å². The summed E-state index contributed by atoms with van der Waals surface area (Å²) in [5.74, 6) is 0.524. The van der Waals surface area contributed by atoms with Gasteiger partial charge in [0.2, 0.25) is 11.9 Å². The van der Waals surface area contributed by atoms with Crippen LogP contribution in [-0.2, 0) is 25.6 Å². The zero-order chi connectivity index (χ0) is 38.4. The highest BCUT2D eigenvalue weighted by Crippen LogP contribution is 2.32. The van der Waals surface area contributed by atoms with Crippen LogP contribution in [0.1, 0.15) is 36.0 Å². The first kappa shape index (κ1) is 38.9. The van der Waals surface area contributed by atoms with Crippen LogP contribution in [0.4, 0.5) is 17.8 Å². The number of aromatic nitrogens is 7. The minimum Gasteiger partial charge on any atom is -0.424 e. The third kappa shape index (κ3) is 10.5. The second-order valence-electron chi connectivity index (χ2n) is 12.8. The number of piperazine rings is 1. The predicted octanol–water partition coefficient (Wildman–Crippen LogP) is 1.51. The van der Waals surface area contributed by atoms with Crippen LogP contribution in [0.3, 0.4) is 0 Å². The van der Waals surface area contributed by atoms with Crippen molar-refractivity contribution in [2.45, 2.75) is 32.2 Å². The average molecular weight is 758 g/mol. The summed E-state index contributed by atoms with van der Waals surface area (Å²) < 4.78 is 18.5. The maximum Gasteiger partial charge on any atom is 0.295 e. The fourth-order valence-electron chi connectivity index (χ4n) is 6.08. The molecule has 1 aliphatic heterocycles. The molecule has 4 aromatic heterocycles. The Bertz CT molecular complexity index is 2030. The second-order valence-corrected chi connectivity index (χ2v) is 12.8. The molecule has 1 aromatic carbocycles. The highest BCUT2D eigenvalue weighted by atomic mass is 16.5. The van der Waals surface area contributed by atoms with Gasteiger partial charge in [0.1, 0.15) is 29.6 Å². The van der Waals surface area contributed by atoms with E-state index in [9.17, 15) is 14.4 Å². The molecule has 0 bridgehead atoms. The summed E-state index contributed by atoms with van der Waals surface area (Å²) in [4.78, 5) is 61.5. The molecule has 1 saturated heterocycles. The second kappa shape index (κ2) is 19.5. The van der Waals surface area contributed by atoms with Gasteiger partial charge in [-0.3, -0.25) is 14.5 Å². The Morgan fingerprint density at radius 3 is 2.56 bits per heavy atom. The van der Waals surface area contributed by atoms with Gasteiger partial charge in [-0.2, -0.15) is 10.1 Å². The Balaban J connectivity index is 0.837. The number of nitrogens with zero attached hydrogens (tertiary/aromatic N) is 9. The Morgan fingerprint density at radius 2 is 1.76 bits per heavy atom. The molecular weight excluding hydrogens is 710 g/mol. The first-order chi connectivity index (χ1) is 26.9. The van der Waals surface area contributed by atoms with Crippen LogP contribution in [0.2, 0.25) is 0 Å². The van der Waals surface area contributed by atoms with Crippen molar-refractivity contribution in [1.29, 1.82) is 0 Å². The molecule has 1 fully saturated rings. The molecule has 0 aliphatic carbocycles. The SMILES string of the molecule is CNc1nc2cc(-c3nn(CCCCNC(=O)CCOCCNC(=O)c4cnc(N5CCN(CCOCCC=O)CC5)nc4)c4ncnc(N)c34)ccc2o1. The molecule has 5 N–H and O–H groups in total. The molecule has 6 rings (SSSR count). The number of benzene rings is 1. The highest BCUT2D eigenvalue weighted by Gasteiger charge is 2.20. The maximum atomic E-state index is 12.6. The third-order valence-electron chi connectivity index (χ3n) is 9.05. The molecule has 5 heterocycles. The van der Waals surface area contributed by atoms with E-state index in [-0.39, 0.29) is 38.0 Å². The number of aldehydes is 1. The van der Waals surface area contributed by atoms with Gasteiger partial charge in [0, 0.05) is 90.2 Å². The van der Waals surface area contributed by atoms with Gasteiger partial charge in [-0.25, -0.2) is 24.6 Å². The number of carbonyl (C=O) groups is 3. The number of rotatable bonds is 21. The van der Waals surface area contributed by atoms with Crippen molar-refractivity contribution < 1.29 is 28.3 Å². The van der Waals surface area contributed by atoms with Crippen molar-refractivity contribution in [3.8, 4) is 11.3 Å². The average Bonchev–Trinajstić information content (AvgIpc) is 3.81. The van der Waals surface area contributed by atoms with E-state index in [2.05, 4.69) is 50.7 Å². The number of hydrogen-bond donors (Lipinski definition) is 4. The van der Waals surface area contributed by atoms with Gasteiger partial charge in [0.25, 0.3) is 11.9 Å². The monoisotopic (exact) mass is 757 g/mol. The minimum atomic E-state index is -0.293. The summed E-state index contributed by atoms with van der Waals surface area (Å²) in [6, 6.07) is 6.07. The van der Waals surface area contributed by atoms with E-state index in [4.69, 9.17) is 24.7 Å². The van der Waals surface area contributed by atoms with Crippen LogP contribution < -0.4 is 26.6 Å². The van der Waals surface area contributed by atoms with E-state index in [1.54, 1.807) is 7.05 Å².